The van der Waals surface area contributed by atoms with Crippen LogP contribution in [-0.4, -0.2) is 24.8 Å². The first-order valence-electron chi connectivity index (χ1n) is 9.02. The molecule has 1 aliphatic heterocycles. The van der Waals surface area contributed by atoms with Crippen LogP contribution in [0.3, 0.4) is 0 Å². The molecule has 0 unspecified atom stereocenters. The minimum atomic E-state index is -0.231. The molecule has 1 amide bonds. The summed E-state index contributed by atoms with van der Waals surface area (Å²) in [5.74, 6) is 0.718. The quantitative estimate of drug-likeness (QED) is 0.414. The van der Waals surface area contributed by atoms with E-state index in [0.717, 1.165) is 0 Å². The van der Waals surface area contributed by atoms with Crippen molar-refractivity contribution in [3.8, 4) is 11.5 Å². The predicted molar refractivity (Wildman–Crippen MR) is 118 cm³/mol. The number of benzene rings is 2. The first-order valence-corrected chi connectivity index (χ1v) is 9.77. The highest BCUT2D eigenvalue weighted by molar-refractivity contribution is 6.34. The number of carbonyl (C=O) groups is 1. The van der Waals surface area contributed by atoms with E-state index in [1.54, 1.807) is 55.5 Å². The summed E-state index contributed by atoms with van der Waals surface area (Å²) in [6, 6.07) is 10.4. The maximum atomic E-state index is 12.9. The van der Waals surface area contributed by atoms with E-state index in [2.05, 4.69) is 11.7 Å². The summed E-state index contributed by atoms with van der Waals surface area (Å²) < 4.78 is 11.3. The molecule has 0 aromatic heterocycles. The average molecular weight is 431 g/mol. The van der Waals surface area contributed by atoms with Crippen molar-refractivity contribution in [3.63, 3.8) is 0 Å². The summed E-state index contributed by atoms with van der Waals surface area (Å²) in [4.78, 5) is 12.9. The van der Waals surface area contributed by atoms with Crippen molar-refractivity contribution in [2.45, 2.75) is 13.8 Å². The fourth-order valence-electron chi connectivity index (χ4n) is 2.82. The first kappa shape index (κ1) is 21.0. The Morgan fingerprint density at radius 3 is 2.55 bits per heavy atom. The number of carbonyl (C=O) groups excluding carboxylic acids is 1. The smallest absolute Gasteiger partial charge is 0.280 e. The highest BCUT2D eigenvalue weighted by Crippen LogP contribution is 2.38. The highest BCUT2D eigenvalue weighted by Gasteiger charge is 2.28. The Hall–Kier alpha value is -2.76. The first-order chi connectivity index (χ1) is 13.9. The number of anilines is 1. The molecule has 0 saturated heterocycles. The van der Waals surface area contributed by atoms with Crippen LogP contribution < -0.4 is 14.5 Å². The van der Waals surface area contributed by atoms with Crippen molar-refractivity contribution < 1.29 is 14.3 Å². The van der Waals surface area contributed by atoms with Crippen LogP contribution in [-0.2, 0) is 4.79 Å². The number of nitrogens with zero attached hydrogens (tertiary/aromatic N) is 2. The monoisotopic (exact) mass is 430 g/mol. The van der Waals surface area contributed by atoms with E-state index in [1.165, 1.54) is 5.01 Å². The molecule has 0 saturated carbocycles. The topological polar surface area (TPSA) is 51.1 Å². The third-order valence-corrected chi connectivity index (χ3v) is 4.65. The van der Waals surface area contributed by atoms with Gasteiger partial charge >= 0.3 is 0 Å². The fourth-order valence-corrected chi connectivity index (χ4v) is 3.22. The van der Waals surface area contributed by atoms with Gasteiger partial charge in [-0.1, -0.05) is 35.9 Å². The van der Waals surface area contributed by atoms with Gasteiger partial charge in [0, 0.05) is 5.02 Å². The van der Waals surface area contributed by atoms with Crippen molar-refractivity contribution >= 4 is 46.6 Å². The van der Waals surface area contributed by atoms with E-state index in [4.69, 9.17) is 32.7 Å². The number of hydrogen-bond donors (Lipinski definition) is 0. The molecule has 0 spiro atoms. The molecule has 2 aromatic carbocycles. The Morgan fingerprint density at radius 2 is 1.90 bits per heavy atom. The van der Waals surface area contributed by atoms with Crippen LogP contribution in [0.25, 0.3) is 6.08 Å². The molecule has 5 nitrogen and oxygen atoms in total. The third kappa shape index (κ3) is 4.63. The maximum absolute atomic E-state index is 12.9. The van der Waals surface area contributed by atoms with Crippen molar-refractivity contribution in [2.24, 2.45) is 5.10 Å². The average Bonchev–Trinajstić information content (AvgIpc) is 2.96. The minimum Gasteiger partial charge on any atom is -0.490 e. The van der Waals surface area contributed by atoms with E-state index < -0.39 is 0 Å². The van der Waals surface area contributed by atoms with Crippen LogP contribution in [0.5, 0.6) is 11.5 Å². The second-order valence-corrected chi connectivity index (χ2v) is 7.04. The zero-order valence-electron chi connectivity index (χ0n) is 16.1. The van der Waals surface area contributed by atoms with Crippen molar-refractivity contribution in [1.29, 1.82) is 0 Å². The molecule has 0 N–H and O–H groups in total. The van der Waals surface area contributed by atoms with Gasteiger partial charge in [-0.15, -0.1) is 0 Å². The summed E-state index contributed by atoms with van der Waals surface area (Å²) in [6.45, 7) is 8.05. The van der Waals surface area contributed by atoms with Crippen molar-refractivity contribution in [3.05, 3.63) is 70.2 Å². The lowest BCUT2D eigenvalue weighted by atomic mass is 10.1. The molecule has 1 heterocycles. The van der Waals surface area contributed by atoms with Gasteiger partial charge in [-0.25, -0.2) is 0 Å². The number of halogens is 2. The van der Waals surface area contributed by atoms with E-state index in [9.17, 15) is 4.79 Å². The number of ether oxygens (including phenoxy) is 2. The van der Waals surface area contributed by atoms with E-state index in [0.29, 0.717) is 57.3 Å². The fraction of sp³-hybridized carbons (Fsp3) is 0.182. The van der Waals surface area contributed by atoms with Gasteiger partial charge in [0.05, 0.1) is 28.6 Å². The Morgan fingerprint density at radius 1 is 1.17 bits per heavy atom. The van der Waals surface area contributed by atoms with Gasteiger partial charge in [-0.2, -0.15) is 10.1 Å². The lowest BCUT2D eigenvalue weighted by molar-refractivity contribution is -0.114. The van der Waals surface area contributed by atoms with Crippen LogP contribution in [0.15, 0.2) is 59.7 Å². The molecule has 1 aliphatic rings. The molecule has 0 radical (unpaired) electrons. The van der Waals surface area contributed by atoms with E-state index >= 15 is 0 Å². The van der Waals surface area contributed by atoms with Gasteiger partial charge in [0.25, 0.3) is 5.91 Å². The number of hydrogen-bond acceptors (Lipinski definition) is 4. The minimum absolute atomic E-state index is 0.231. The number of rotatable bonds is 7. The summed E-state index contributed by atoms with van der Waals surface area (Å²) in [6.07, 6.45) is 3.37. The largest absolute Gasteiger partial charge is 0.490 e. The number of amides is 1. The van der Waals surface area contributed by atoms with Gasteiger partial charge in [-0.3, -0.25) is 4.79 Å². The molecular formula is C22H20Cl2N2O3. The molecule has 0 bridgehead atoms. The lowest BCUT2D eigenvalue weighted by Gasteiger charge is -2.14. The van der Waals surface area contributed by atoms with Gasteiger partial charge < -0.3 is 9.47 Å². The van der Waals surface area contributed by atoms with Crippen LogP contribution in [0, 0.1) is 0 Å². The summed E-state index contributed by atoms with van der Waals surface area (Å²) in [5.41, 5.74) is 2.42. The van der Waals surface area contributed by atoms with Gasteiger partial charge in [0.15, 0.2) is 11.5 Å². The molecule has 150 valence electrons. The Bertz CT molecular complexity index is 998. The molecule has 0 aliphatic carbocycles. The van der Waals surface area contributed by atoms with Gasteiger partial charge in [-0.05, 0) is 61.9 Å². The second-order valence-electron chi connectivity index (χ2n) is 6.20. The molecule has 7 heteroatoms. The van der Waals surface area contributed by atoms with Crippen molar-refractivity contribution in [2.75, 3.05) is 18.2 Å². The Kier molecular flexibility index (Phi) is 6.62. The normalized spacial score (nSPS) is 14.9. The predicted octanol–water partition coefficient (Wildman–Crippen LogP) is 5.76. The summed E-state index contributed by atoms with van der Waals surface area (Å²) in [7, 11) is 0. The Labute approximate surface area is 179 Å². The van der Waals surface area contributed by atoms with E-state index in [1.807, 2.05) is 6.92 Å². The van der Waals surface area contributed by atoms with Crippen LogP contribution in [0.2, 0.25) is 10.0 Å². The SMILES string of the molecule is C=CCOc1c(Cl)cc(/C=C2/C(=O)N(c3ccc(Cl)cc3)N=C2C)cc1OCC. The zero-order chi connectivity index (χ0) is 21.0. The number of hydrazone groups is 1. The molecule has 29 heavy (non-hydrogen) atoms. The van der Waals surface area contributed by atoms with Gasteiger partial charge in [0.1, 0.15) is 6.61 Å². The molecule has 0 atom stereocenters. The van der Waals surface area contributed by atoms with Crippen LogP contribution in [0.4, 0.5) is 5.69 Å². The standard InChI is InChI=1S/C22H20Cl2N2O3/c1-4-10-29-21-19(24)12-15(13-20(21)28-5-2)11-18-14(3)25-26(22(18)27)17-8-6-16(23)7-9-17/h4,6-9,11-13H,1,5,10H2,2-3H3/b18-11+. The third-order valence-electron chi connectivity index (χ3n) is 4.12. The maximum Gasteiger partial charge on any atom is 0.280 e. The summed E-state index contributed by atoms with van der Waals surface area (Å²) in [5, 5.41) is 6.71. The molecule has 0 fully saturated rings. The lowest BCUT2D eigenvalue weighted by Crippen LogP contribution is -2.21. The molecule has 2 aromatic rings. The summed E-state index contributed by atoms with van der Waals surface area (Å²) >= 11 is 12.3. The highest BCUT2D eigenvalue weighted by atomic mass is 35.5. The molecular weight excluding hydrogens is 411 g/mol. The van der Waals surface area contributed by atoms with Gasteiger partial charge in [0.2, 0.25) is 0 Å². The second kappa shape index (κ2) is 9.16. The molecule has 3 rings (SSSR count). The van der Waals surface area contributed by atoms with Crippen molar-refractivity contribution in [1.82, 2.24) is 0 Å². The van der Waals surface area contributed by atoms with E-state index in [-0.39, 0.29) is 5.91 Å². The Balaban J connectivity index is 1.95. The zero-order valence-corrected chi connectivity index (χ0v) is 17.6. The van der Waals surface area contributed by atoms with Crippen LogP contribution in [0.1, 0.15) is 19.4 Å². The van der Waals surface area contributed by atoms with Crippen LogP contribution >= 0.6 is 23.2 Å².